The minimum atomic E-state index is -0.438. The van der Waals surface area contributed by atoms with Crippen molar-refractivity contribution in [2.75, 3.05) is 7.11 Å². The number of amides is 1. The Bertz CT molecular complexity index is 549. The zero-order valence-electron chi connectivity index (χ0n) is 9.51. The number of nitrogens with two attached hydrogens (primary N) is 1. The SMILES string of the molecule is COc1ccccc1-c1ccccc1C(N)=O. The normalized spacial score (nSPS) is 9.94. The summed E-state index contributed by atoms with van der Waals surface area (Å²) in [6, 6.07) is 14.8. The molecule has 0 aliphatic carbocycles. The average molecular weight is 227 g/mol. The molecule has 2 N–H and O–H groups in total. The molecule has 2 aromatic carbocycles. The first-order valence-corrected chi connectivity index (χ1v) is 5.26. The number of carbonyl (C=O) groups excluding carboxylic acids is 1. The highest BCUT2D eigenvalue weighted by molar-refractivity contribution is 6.00. The summed E-state index contributed by atoms with van der Waals surface area (Å²) in [7, 11) is 1.60. The van der Waals surface area contributed by atoms with Gasteiger partial charge in [0.05, 0.1) is 7.11 Å². The Balaban J connectivity index is 2.64. The van der Waals surface area contributed by atoms with Crippen molar-refractivity contribution >= 4 is 5.91 Å². The molecule has 1 amide bonds. The molecule has 0 radical (unpaired) electrons. The lowest BCUT2D eigenvalue weighted by Crippen LogP contribution is -2.12. The fourth-order valence-electron chi connectivity index (χ4n) is 1.80. The maximum atomic E-state index is 11.4. The average Bonchev–Trinajstić information content (AvgIpc) is 2.38. The summed E-state index contributed by atoms with van der Waals surface area (Å²) < 4.78 is 5.28. The molecule has 0 aromatic heterocycles. The maximum Gasteiger partial charge on any atom is 0.249 e. The lowest BCUT2D eigenvalue weighted by molar-refractivity contribution is 0.100. The number of primary amides is 1. The van der Waals surface area contributed by atoms with Crippen molar-refractivity contribution in [2.24, 2.45) is 5.73 Å². The lowest BCUT2D eigenvalue weighted by Gasteiger charge is -2.10. The van der Waals surface area contributed by atoms with Gasteiger partial charge in [0.1, 0.15) is 5.75 Å². The van der Waals surface area contributed by atoms with E-state index >= 15 is 0 Å². The summed E-state index contributed by atoms with van der Waals surface area (Å²) in [5.74, 6) is 0.285. The highest BCUT2D eigenvalue weighted by Crippen LogP contribution is 2.31. The van der Waals surface area contributed by atoms with E-state index in [1.54, 1.807) is 19.2 Å². The molecule has 0 aliphatic heterocycles. The summed E-state index contributed by atoms with van der Waals surface area (Å²) in [4.78, 5) is 11.4. The fourth-order valence-corrected chi connectivity index (χ4v) is 1.80. The Kier molecular flexibility index (Phi) is 3.10. The van der Waals surface area contributed by atoms with Crippen LogP contribution >= 0.6 is 0 Å². The number of benzene rings is 2. The first kappa shape index (κ1) is 11.2. The van der Waals surface area contributed by atoms with Crippen LogP contribution in [0, 0.1) is 0 Å². The largest absolute Gasteiger partial charge is 0.496 e. The van der Waals surface area contributed by atoms with Gasteiger partial charge in [-0.05, 0) is 17.7 Å². The number of carbonyl (C=O) groups is 1. The maximum absolute atomic E-state index is 11.4. The van der Waals surface area contributed by atoms with E-state index in [-0.39, 0.29) is 0 Å². The quantitative estimate of drug-likeness (QED) is 0.875. The van der Waals surface area contributed by atoms with Gasteiger partial charge in [-0.2, -0.15) is 0 Å². The number of para-hydroxylation sites is 1. The predicted octanol–water partition coefficient (Wildman–Crippen LogP) is 2.46. The van der Waals surface area contributed by atoms with Crippen LogP contribution in [0.15, 0.2) is 48.5 Å². The molecule has 0 fully saturated rings. The molecule has 3 nitrogen and oxygen atoms in total. The van der Waals surface area contributed by atoms with E-state index < -0.39 is 5.91 Å². The van der Waals surface area contributed by atoms with Crippen molar-refractivity contribution in [1.82, 2.24) is 0 Å². The van der Waals surface area contributed by atoms with Gasteiger partial charge in [0.2, 0.25) is 5.91 Å². The molecule has 0 saturated carbocycles. The molecule has 0 spiro atoms. The van der Waals surface area contributed by atoms with Crippen molar-refractivity contribution in [3.63, 3.8) is 0 Å². The van der Waals surface area contributed by atoms with Gasteiger partial charge in [0, 0.05) is 11.1 Å². The molecule has 3 heteroatoms. The number of hydrogen-bond acceptors (Lipinski definition) is 2. The van der Waals surface area contributed by atoms with Crippen LogP contribution in [0.25, 0.3) is 11.1 Å². The van der Waals surface area contributed by atoms with Gasteiger partial charge in [0.25, 0.3) is 0 Å². The van der Waals surface area contributed by atoms with E-state index in [2.05, 4.69) is 0 Å². The summed E-state index contributed by atoms with van der Waals surface area (Å²) in [5.41, 5.74) is 7.52. The lowest BCUT2D eigenvalue weighted by atomic mass is 9.98. The Morgan fingerprint density at radius 1 is 1.00 bits per heavy atom. The Labute approximate surface area is 99.8 Å². The number of hydrogen-bond donors (Lipinski definition) is 1. The molecule has 0 aliphatic rings. The molecule has 0 bridgehead atoms. The molecule has 2 aromatic rings. The van der Waals surface area contributed by atoms with Crippen LogP contribution in [-0.2, 0) is 0 Å². The third-order valence-corrected chi connectivity index (χ3v) is 2.59. The molecule has 17 heavy (non-hydrogen) atoms. The highest BCUT2D eigenvalue weighted by Gasteiger charge is 2.12. The van der Waals surface area contributed by atoms with Crippen molar-refractivity contribution in [3.05, 3.63) is 54.1 Å². The molecular formula is C14H13NO2. The molecule has 86 valence electrons. The van der Waals surface area contributed by atoms with Crippen LogP contribution in [0.1, 0.15) is 10.4 Å². The zero-order valence-corrected chi connectivity index (χ0v) is 9.51. The number of ether oxygens (including phenoxy) is 1. The zero-order chi connectivity index (χ0) is 12.3. The summed E-state index contributed by atoms with van der Waals surface area (Å²) >= 11 is 0. The van der Waals surface area contributed by atoms with Gasteiger partial charge in [-0.1, -0.05) is 36.4 Å². The second-order valence-corrected chi connectivity index (χ2v) is 3.61. The van der Waals surface area contributed by atoms with Crippen LogP contribution in [0.3, 0.4) is 0 Å². The molecule has 0 unspecified atom stereocenters. The monoisotopic (exact) mass is 227 g/mol. The van der Waals surface area contributed by atoms with Crippen molar-refractivity contribution < 1.29 is 9.53 Å². The number of rotatable bonds is 3. The van der Waals surface area contributed by atoms with Gasteiger partial charge in [0.15, 0.2) is 0 Å². The third-order valence-electron chi connectivity index (χ3n) is 2.59. The standard InChI is InChI=1S/C14H13NO2/c1-17-13-9-5-4-7-11(13)10-6-2-3-8-12(10)14(15)16/h2-9H,1H3,(H2,15,16). The van der Waals surface area contributed by atoms with Gasteiger partial charge in [-0.3, -0.25) is 4.79 Å². The van der Waals surface area contributed by atoms with Crippen LogP contribution < -0.4 is 10.5 Å². The van der Waals surface area contributed by atoms with E-state index in [1.165, 1.54) is 0 Å². The minimum Gasteiger partial charge on any atom is -0.496 e. The smallest absolute Gasteiger partial charge is 0.249 e. The van der Waals surface area contributed by atoms with E-state index in [0.717, 1.165) is 16.9 Å². The van der Waals surface area contributed by atoms with Crippen LogP contribution in [-0.4, -0.2) is 13.0 Å². The predicted molar refractivity (Wildman–Crippen MR) is 66.9 cm³/mol. The van der Waals surface area contributed by atoms with E-state index in [9.17, 15) is 4.79 Å². The Hall–Kier alpha value is -2.29. The summed E-state index contributed by atoms with van der Waals surface area (Å²) in [5, 5.41) is 0. The first-order chi connectivity index (χ1) is 8.24. The van der Waals surface area contributed by atoms with Crippen molar-refractivity contribution in [2.45, 2.75) is 0 Å². The highest BCUT2D eigenvalue weighted by atomic mass is 16.5. The minimum absolute atomic E-state index is 0.438. The van der Waals surface area contributed by atoms with Gasteiger partial charge < -0.3 is 10.5 Å². The van der Waals surface area contributed by atoms with Gasteiger partial charge >= 0.3 is 0 Å². The Morgan fingerprint density at radius 3 is 2.24 bits per heavy atom. The van der Waals surface area contributed by atoms with Crippen LogP contribution in [0.2, 0.25) is 0 Å². The van der Waals surface area contributed by atoms with Gasteiger partial charge in [-0.25, -0.2) is 0 Å². The van der Waals surface area contributed by atoms with Crippen LogP contribution in [0.5, 0.6) is 5.75 Å². The number of methoxy groups -OCH3 is 1. The second kappa shape index (κ2) is 4.70. The molecule has 0 heterocycles. The molecule has 0 atom stereocenters. The van der Waals surface area contributed by atoms with Crippen LogP contribution in [0.4, 0.5) is 0 Å². The third kappa shape index (κ3) is 2.13. The molecular weight excluding hydrogens is 214 g/mol. The first-order valence-electron chi connectivity index (χ1n) is 5.26. The summed E-state index contributed by atoms with van der Waals surface area (Å²) in [6.07, 6.45) is 0. The van der Waals surface area contributed by atoms with E-state index in [4.69, 9.17) is 10.5 Å². The van der Waals surface area contributed by atoms with E-state index in [0.29, 0.717) is 5.56 Å². The topological polar surface area (TPSA) is 52.3 Å². The Morgan fingerprint density at radius 2 is 1.59 bits per heavy atom. The van der Waals surface area contributed by atoms with Crippen molar-refractivity contribution in [3.8, 4) is 16.9 Å². The van der Waals surface area contributed by atoms with E-state index in [1.807, 2.05) is 36.4 Å². The summed E-state index contributed by atoms with van der Waals surface area (Å²) in [6.45, 7) is 0. The fraction of sp³-hybridized carbons (Fsp3) is 0.0714. The molecule has 0 saturated heterocycles. The van der Waals surface area contributed by atoms with Gasteiger partial charge in [-0.15, -0.1) is 0 Å². The molecule has 2 rings (SSSR count). The second-order valence-electron chi connectivity index (χ2n) is 3.61. The van der Waals surface area contributed by atoms with Crippen molar-refractivity contribution in [1.29, 1.82) is 0 Å².